The number of pyridine rings is 1. The first kappa shape index (κ1) is 15.3. The molecule has 2 aliphatic rings. The summed E-state index contributed by atoms with van der Waals surface area (Å²) in [5, 5.41) is 0. The van der Waals surface area contributed by atoms with Crippen LogP contribution in [0.15, 0.2) is 53.4 Å². The van der Waals surface area contributed by atoms with E-state index in [9.17, 15) is 4.79 Å². The van der Waals surface area contributed by atoms with Crippen LogP contribution in [0.3, 0.4) is 0 Å². The summed E-state index contributed by atoms with van der Waals surface area (Å²) in [5.74, 6) is 1.40. The molecule has 3 unspecified atom stereocenters. The highest BCUT2D eigenvalue weighted by molar-refractivity contribution is 6.01. The topological polar surface area (TPSA) is 59.2 Å². The molecule has 130 valence electrons. The molecular formula is C21H19N3O2. The second-order valence-corrected chi connectivity index (χ2v) is 7.23. The largest absolute Gasteiger partial charge is 0.445 e. The number of aryl methyl sites for hydroxylation is 1. The van der Waals surface area contributed by atoms with Crippen molar-refractivity contribution in [2.75, 3.05) is 7.05 Å². The van der Waals surface area contributed by atoms with Crippen LogP contribution < -0.4 is 0 Å². The van der Waals surface area contributed by atoms with Gasteiger partial charge in [0, 0.05) is 41.5 Å². The molecule has 3 atom stereocenters. The van der Waals surface area contributed by atoms with Crippen LogP contribution in [0.25, 0.3) is 11.5 Å². The lowest BCUT2D eigenvalue weighted by molar-refractivity contribution is 0.0758. The summed E-state index contributed by atoms with van der Waals surface area (Å²) in [6, 6.07) is 10.0. The van der Waals surface area contributed by atoms with Gasteiger partial charge in [0.1, 0.15) is 6.26 Å². The van der Waals surface area contributed by atoms with Crippen LogP contribution in [0.1, 0.15) is 45.6 Å². The molecular weight excluding hydrogens is 326 g/mol. The lowest BCUT2D eigenvalue weighted by Gasteiger charge is -2.22. The van der Waals surface area contributed by atoms with Gasteiger partial charge in [-0.3, -0.25) is 9.78 Å². The molecule has 3 aromatic rings. The first-order chi connectivity index (χ1) is 12.6. The monoisotopic (exact) mass is 345 g/mol. The highest BCUT2D eigenvalue weighted by Gasteiger charge is 2.52. The van der Waals surface area contributed by atoms with Crippen molar-refractivity contribution in [3.8, 4) is 11.5 Å². The Hall–Kier alpha value is -2.95. The minimum absolute atomic E-state index is 0.0358. The highest BCUT2D eigenvalue weighted by atomic mass is 16.3. The maximum absolute atomic E-state index is 12.8. The van der Waals surface area contributed by atoms with Gasteiger partial charge in [-0.05, 0) is 43.0 Å². The van der Waals surface area contributed by atoms with E-state index in [0.29, 0.717) is 17.7 Å². The molecule has 1 saturated carbocycles. The van der Waals surface area contributed by atoms with Crippen LogP contribution in [0.4, 0.5) is 0 Å². The molecule has 0 bridgehead atoms. The van der Waals surface area contributed by atoms with Crippen LogP contribution in [-0.2, 0) is 0 Å². The van der Waals surface area contributed by atoms with Crippen LogP contribution in [-0.4, -0.2) is 27.8 Å². The van der Waals surface area contributed by atoms with Crippen LogP contribution >= 0.6 is 0 Å². The number of hydrogen-bond acceptors (Lipinski definition) is 4. The summed E-state index contributed by atoms with van der Waals surface area (Å²) < 4.78 is 5.54. The van der Waals surface area contributed by atoms with Crippen LogP contribution in [0.2, 0.25) is 0 Å². The molecule has 5 rings (SSSR count). The minimum atomic E-state index is 0.0358. The molecule has 26 heavy (non-hydrogen) atoms. The van der Waals surface area contributed by atoms with Crippen molar-refractivity contribution in [1.29, 1.82) is 0 Å². The van der Waals surface area contributed by atoms with Crippen molar-refractivity contribution in [3.05, 3.63) is 71.4 Å². The number of carbonyl (C=O) groups is 1. The Morgan fingerprint density at radius 2 is 2.00 bits per heavy atom. The molecule has 1 aliphatic carbocycles. The van der Waals surface area contributed by atoms with Gasteiger partial charge >= 0.3 is 0 Å². The molecule has 0 spiro atoms. The van der Waals surface area contributed by atoms with Crippen molar-refractivity contribution in [2.45, 2.75) is 25.3 Å². The highest BCUT2D eigenvalue weighted by Crippen LogP contribution is 2.58. The molecule has 5 nitrogen and oxygen atoms in total. The third-order valence-corrected chi connectivity index (χ3v) is 5.59. The summed E-state index contributed by atoms with van der Waals surface area (Å²) in [4.78, 5) is 23.6. The van der Waals surface area contributed by atoms with Gasteiger partial charge in [-0.25, -0.2) is 4.98 Å². The fourth-order valence-electron chi connectivity index (χ4n) is 4.23. The summed E-state index contributed by atoms with van der Waals surface area (Å²) in [7, 11) is 1.89. The third-order valence-electron chi connectivity index (χ3n) is 5.59. The van der Waals surface area contributed by atoms with Crippen LogP contribution in [0, 0.1) is 12.8 Å². The molecule has 1 fully saturated rings. The van der Waals surface area contributed by atoms with E-state index >= 15 is 0 Å². The number of benzene rings is 1. The van der Waals surface area contributed by atoms with E-state index in [1.54, 1.807) is 12.5 Å². The quantitative estimate of drug-likeness (QED) is 0.720. The predicted molar refractivity (Wildman–Crippen MR) is 96.6 cm³/mol. The van der Waals surface area contributed by atoms with E-state index in [2.05, 4.69) is 22.1 Å². The normalized spacial score (nSPS) is 24.0. The Morgan fingerprint density at radius 3 is 2.73 bits per heavy atom. The zero-order valence-electron chi connectivity index (χ0n) is 14.7. The van der Waals surface area contributed by atoms with Gasteiger partial charge in [0.25, 0.3) is 5.91 Å². The average Bonchev–Trinajstić information content (AvgIpc) is 3.13. The number of fused-ring (bicyclic) bond motifs is 1. The maximum atomic E-state index is 12.8. The number of aromatic nitrogens is 2. The second kappa shape index (κ2) is 5.53. The summed E-state index contributed by atoms with van der Waals surface area (Å²) in [6.07, 6.45) is 6.17. The van der Waals surface area contributed by atoms with Crippen molar-refractivity contribution in [1.82, 2.24) is 14.9 Å². The van der Waals surface area contributed by atoms with E-state index in [1.807, 2.05) is 43.3 Å². The summed E-state index contributed by atoms with van der Waals surface area (Å²) in [5.41, 5.74) is 5.00. The van der Waals surface area contributed by atoms with Gasteiger partial charge in [0.15, 0.2) is 0 Å². The number of nitrogens with zero attached hydrogens (tertiary/aromatic N) is 3. The number of carbonyl (C=O) groups excluding carboxylic acids is 1. The number of hydrogen-bond donors (Lipinski definition) is 0. The second-order valence-electron chi connectivity index (χ2n) is 7.23. The number of rotatable bonds is 3. The van der Waals surface area contributed by atoms with Gasteiger partial charge in [-0.15, -0.1) is 0 Å². The Morgan fingerprint density at radius 1 is 1.15 bits per heavy atom. The predicted octanol–water partition coefficient (Wildman–Crippen LogP) is 3.98. The van der Waals surface area contributed by atoms with Crippen molar-refractivity contribution in [3.63, 3.8) is 0 Å². The van der Waals surface area contributed by atoms with E-state index in [4.69, 9.17) is 4.42 Å². The summed E-state index contributed by atoms with van der Waals surface area (Å²) >= 11 is 0. The first-order valence-corrected chi connectivity index (χ1v) is 8.87. The zero-order valence-corrected chi connectivity index (χ0v) is 14.7. The Labute approximate surface area is 151 Å². The number of oxazole rings is 1. The van der Waals surface area contributed by atoms with E-state index in [0.717, 1.165) is 34.4 Å². The lowest BCUT2D eigenvalue weighted by atomic mass is 9.94. The lowest BCUT2D eigenvalue weighted by Crippen LogP contribution is -2.24. The van der Waals surface area contributed by atoms with Crippen molar-refractivity contribution >= 4 is 5.91 Å². The van der Waals surface area contributed by atoms with Gasteiger partial charge in [-0.1, -0.05) is 12.1 Å². The number of amides is 1. The standard InChI is InChI=1S/C21H19N3O2/c1-12-6-7-17(23-11-12)15-10-16(15)19-18-13(20-22-8-9-26-20)4-3-5-14(18)21(25)24(19)2/h3-9,11,15-16,19H,10H2,1-2H3. The molecule has 1 amide bonds. The maximum Gasteiger partial charge on any atom is 0.254 e. The molecule has 0 radical (unpaired) electrons. The van der Waals surface area contributed by atoms with Gasteiger partial charge in [-0.2, -0.15) is 0 Å². The zero-order chi connectivity index (χ0) is 17.8. The molecule has 1 aliphatic heterocycles. The molecule has 1 aromatic carbocycles. The molecule has 0 saturated heterocycles. The molecule has 5 heteroatoms. The fourth-order valence-corrected chi connectivity index (χ4v) is 4.23. The third kappa shape index (κ3) is 2.20. The van der Waals surface area contributed by atoms with Crippen molar-refractivity contribution in [2.24, 2.45) is 5.92 Å². The molecule has 0 N–H and O–H groups in total. The van der Waals surface area contributed by atoms with E-state index < -0.39 is 0 Å². The van der Waals surface area contributed by atoms with Crippen molar-refractivity contribution < 1.29 is 9.21 Å². The van der Waals surface area contributed by atoms with Gasteiger partial charge in [0.2, 0.25) is 5.89 Å². The first-order valence-electron chi connectivity index (χ1n) is 8.87. The smallest absolute Gasteiger partial charge is 0.254 e. The van der Waals surface area contributed by atoms with Gasteiger partial charge < -0.3 is 9.32 Å². The minimum Gasteiger partial charge on any atom is -0.445 e. The SMILES string of the molecule is Cc1ccc(C2CC2C2c3c(cccc3-c3ncco3)C(=O)N2C)nc1. The summed E-state index contributed by atoms with van der Waals surface area (Å²) in [6.45, 7) is 2.05. The average molecular weight is 345 g/mol. The molecule has 3 heterocycles. The van der Waals surface area contributed by atoms with Crippen LogP contribution in [0.5, 0.6) is 0 Å². The fraction of sp³-hybridized carbons (Fsp3) is 0.286. The van der Waals surface area contributed by atoms with E-state index in [-0.39, 0.29) is 11.9 Å². The van der Waals surface area contributed by atoms with E-state index in [1.165, 1.54) is 0 Å². The Kier molecular flexibility index (Phi) is 3.26. The van der Waals surface area contributed by atoms with Gasteiger partial charge in [0.05, 0.1) is 12.2 Å². The Balaban J connectivity index is 1.56. The molecule has 2 aromatic heterocycles. The Bertz CT molecular complexity index is 979.